The molecule has 318 valence electrons. The Kier molecular flexibility index (Phi) is 9.54. The van der Waals surface area contributed by atoms with Gasteiger partial charge in [-0.15, -0.1) is 0 Å². The molecule has 0 fully saturated rings. The molecule has 0 atom stereocenters. The molecule has 1 aromatic heterocycles. The molecule has 0 aliphatic rings. The molecule has 0 N–H and O–H groups in total. The summed E-state index contributed by atoms with van der Waals surface area (Å²) in [6, 6.07) is 97.6. The smallest absolute Gasteiger partial charge is 0.0562 e. The lowest BCUT2D eigenvalue weighted by Crippen LogP contribution is -2.10. The van der Waals surface area contributed by atoms with Crippen molar-refractivity contribution in [2.24, 2.45) is 0 Å². The average molecular weight is 865 g/mol. The molecule has 1 heterocycles. The molecule has 2 heteroatoms. The number of aromatic nitrogens is 1. The summed E-state index contributed by atoms with van der Waals surface area (Å²) in [4.78, 5) is 2.45. The van der Waals surface area contributed by atoms with E-state index in [9.17, 15) is 0 Å². The lowest BCUT2D eigenvalue weighted by atomic mass is 9.84. The van der Waals surface area contributed by atoms with E-state index >= 15 is 0 Å². The molecule has 0 bridgehead atoms. The predicted molar refractivity (Wildman–Crippen MR) is 290 cm³/mol. The molecule has 2 nitrogen and oxygen atoms in total. The summed E-state index contributed by atoms with van der Waals surface area (Å²) in [5, 5.41) is 9.84. The molecule has 0 radical (unpaired) electrons. The zero-order valence-electron chi connectivity index (χ0n) is 37.3. The molecule has 0 saturated heterocycles. The van der Waals surface area contributed by atoms with Gasteiger partial charge < -0.3 is 9.47 Å². The fraction of sp³-hybridized carbons (Fsp3) is 0. The van der Waals surface area contributed by atoms with Gasteiger partial charge in [0.15, 0.2) is 0 Å². The van der Waals surface area contributed by atoms with Crippen LogP contribution >= 0.6 is 0 Å². The first-order chi connectivity index (χ1) is 33.7. The van der Waals surface area contributed by atoms with Crippen LogP contribution in [0, 0.1) is 0 Å². The predicted octanol–water partition coefficient (Wildman–Crippen LogP) is 18.4. The van der Waals surface area contributed by atoms with Crippen LogP contribution in [-0.2, 0) is 0 Å². The van der Waals surface area contributed by atoms with Gasteiger partial charge in [0.2, 0.25) is 0 Å². The number of nitrogens with zero attached hydrogens (tertiary/aromatic N) is 2. The molecule has 13 rings (SSSR count). The standard InChI is InChI=1S/C66H44N2/c1-4-18-45(19-5-1)47-34-38-53(39-35-47)67(62-32-17-33-63-66(62)59-30-14-15-31-61(59)68(63)55-40-36-46-20-10-11-25-50(46)42-55)54-27-16-26-51(43-54)52-37-41-57-56-28-12-13-29-58(56)64(48-21-6-2-7-22-48)65(60(57)44-52)49-23-8-3-9-24-49/h1-44H. The van der Waals surface area contributed by atoms with Crippen molar-refractivity contribution < 1.29 is 0 Å². The van der Waals surface area contributed by atoms with Crippen LogP contribution in [0.3, 0.4) is 0 Å². The first-order valence-electron chi connectivity index (χ1n) is 23.4. The number of rotatable bonds is 8. The molecule has 0 aliphatic heterocycles. The van der Waals surface area contributed by atoms with Gasteiger partial charge in [0.25, 0.3) is 0 Å². The maximum absolute atomic E-state index is 2.45. The van der Waals surface area contributed by atoms with Crippen molar-refractivity contribution in [3.05, 3.63) is 267 Å². The van der Waals surface area contributed by atoms with Crippen molar-refractivity contribution in [1.82, 2.24) is 4.57 Å². The summed E-state index contributed by atoms with van der Waals surface area (Å²) in [5.74, 6) is 0. The Morgan fingerprint density at radius 2 is 0.794 bits per heavy atom. The van der Waals surface area contributed by atoms with E-state index in [1.165, 1.54) is 82.0 Å². The van der Waals surface area contributed by atoms with E-state index in [2.05, 4.69) is 276 Å². The Bertz CT molecular complexity index is 4000. The molecule has 0 saturated carbocycles. The van der Waals surface area contributed by atoms with Crippen LogP contribution in [0.15, 0.2) is 267 Å². The second-order valence-electron chi connectivity index (χ2n) is 17.6. The summed E-state index contributed by atoms with van der Waals surface area (Å²) < 4.78 is 2.43. The van der Waals surface area contributed by atoms with Crippen molar-refractivity contribution in [2.75, 3.05) is 4.90 Å². The minimum atomic E-state index is 1.08. The zero-order chi connectivity index (χ0) is 45.0. The molecule has 0 unspecified atom stereocenters. The summed E-state index contributed by atoms with van der Waals surface area (Å²) in [7, 11) is 0. The number of para-hydroxylation sites is 1. The van der Waals surface area contributed by atoms with Gasteiger partial charge in [-0.2, -0.15) is 0 Å². The molecule has 0 spiro atoms. The van der Waals surface area contributed by atoms with Gasteiger partial charge in [-0.05, 0) is 137 Å². The quantitative estimate of drug-likeness (QED) is 0.138. The Morgan fingerprint density at radius 3 is 1.54 bits per heavy atom. The number of anilines is 3. The van der Waals surface area contributed by atoms with Crippen LogP contribution in [0.4, 0.5) is 17.1 Å². The summed E-state index contributed by atoms with van der Waals surface area (Å²) in [5.41, 5.74) is 16.4. The lowest BCUT2D eigenvalue weighted by Gasteiger charge is -2.27. The first-order valence-corrected chi connectivity index (χ1v) is 23.4. The lowest BCUT2D eigenvalue weighted by molar-refractivity contribution is 1.18. The third-order valence-electron chi connectivity index (χ3n) is 13.7. The van der Waals surface area contributed by atoms with E-state index in [1.54, 1.807) is 0 Å². The minimum absolute atomic E-state index is 1.08. The Labute approximate surface area is 395 Å². The highest BCUT2D eigenvalue weighted by molar-refractivity contribution is 6.22. The second kappa shape index (κ2) is 16.5. The number of hydrogen-bond acceptors (Lipinski definition) is 1. The van der Waals surface area contributed by atoms with Gasteiger partial charge in [-0.25, -0.2) is 0 Å². The fourth-order valence-corrected chi connectivity index (χ4v) is 10.6. The van der Waals surface area contributed by atoms with Gasteiger partial charge in [-0.1, -0.05) is 206 Å². The fourth-order valence-electron chi connectivity index (χ4n) is 10.6. The van der Waals surface area contributed by atoms with Gasteiger partial charge in [0.1, 0.15) is 0 Å². The SMILES string of the molecule is c1ccc(-c2ccc(N(c3cccc(-c4ccc5c(c4)c(-c4ccccc4)c(-c4ccccc4)c4ccccc45)c3)c3cccc4c3c3ccccc3n4-c3ccc4ccccc4c3)cc2)cc1. The Morgan fingerprint density at radius 1 is 0.265 bits per heavy atom. The topological polar surface area (TPSA) is 8.17 Å². The van der Waals surface area contributed by atoms with E-state index in [1.807, 2.05) is 0 Å². The average Bonchev–Trinajstić information content (AvgIpc) is 3.76. The van der Waals surface area contributed by atoms with Gasteiger partial charge in [0, 0.05) is 27.8 Å². The number of hydrogen-bond donors (Lipinski definition) is 0. The number of fused-ring (bicyclic) bond motifs is 7. The van der Waals surface area contributed by atoms with Crippen molar-refractivity contribution >= 4 is 71.2 Å². The Hall–Kier alpha value is -8.98. The normalized spacial score (nSPS) is 11.5. The van der Waals surface area contributed by atoms with E-state index in [0.717, 1.165) is 39.4 Å². The monoisotopic (exact) mass is 864 g/mol. The van der Waals surface area contributed by atoms with Gasteiger partial charge in [-0.3, -0.25) is 0 Å². The molecular weight excluding hydrogens is 821 g/mol. The third kappa shape index (κ3) is 6.65. The molecule has 0 amide bonds. The van der Waals surface area contributed by atoms with Crippen LogP contribution in [0.25, 0.3) is 104 Å². The van der Waals surface area contributed by atoms with Crippen molar-refractivity contribution in [2.45, 2.75) is 0 Å². The summed E-state index contributed by atoms with van der Waals surface area (Å²) in [6.07, 6.45) is 0. The van der Waals surface area contributed by atoms with Gasteiger partial charge >= 0.3 is 0 Å². The van der Waals surface area contributed by atoms with Crippen molar-refractivity contribution in [1.29, 1.82) is 0 Å². The van der Waals surface area contributed by atoms with Crippen LogP contribution in [0.1, 0.15) is 0 Å². The van der Waals surface area contributed by atoms with Crippen LogP contribution < -0.4 is 4.90 Å². The first kappa shape index (κ1) is 39.4. The van der Waals surface area contributed by atoms with E-state index in [4.69, 9.17) is 0 Å². The molecular formula is C66H44N2. The van der Waals surface area contributed by atoms with Crippen LogP contribution in [-0.4, -0.2) is 4.57 Å². The van der Waals surface area contributed by atoms with Crippen LogP contribution in [0.2, 0.25) is 0 Å². The van der Waals surface area contributed by atoms with Crippen LogP contribution in [0.5, 0.6) is 0 Å². The highest BCUT2D eigenvalue weighted by Crippen LogP contribution is 2.48. The van der Waals surface area contributed by atoms with E-state index in [0.29, 0.717) is 0 Å². The van der Waals surface area contributed by atoms with E-state index in [-0.39, 0.29) is 0 Å². The van der Waals surface area contributed by atoms with Crippen molar-refractivity contribution in [3.63, 3.8) is 0 Å². The van der Waals surface area contributed by atoms with Gasteiger partial charge in [0.05, 0.1) is 16.7 Å². The molecule has 12 aromatic carbocycles. The molecule has 0 aliphatic carbocycles. The largest absolute Gasteiger partial charge is 0.310 e. The zero-order valence-corrected chi connectivity index (χ0v) is 37.3. The van der Waals surface area contributed by atoms with E-state index < -0.39 is 0 Å². The second-order valence-corrected chi connectivity index (χ2v) is 17.6. The van der Waals surface area contributed by atoms with Crippen molar-refractivity contribution in [3.8, 4) is 50.2 Å². The molecule has 13 aromatic rings. The highest BCUT2D eigenvalue weighted by atomic mass is 15.1. The maximum atomic E-state index is 2.45. The Balaban J connectivity index is 1.03. The summed E-state index contributed by atoms with van der Waals surface area (Å²) >= 11 is 0. The third-order valence-corrected chi connectivity index (χ3v) is 13.7. The number of benzene rings is 12. The minimum Gasteiger partial charge on any atom is -0.310 e. The molecule has 68 heavy (non-hydrogen) atoms. The highest BCUT2D eigenvalue weighted by Gasteiger charge is 2.23. The maximum Gasteiger partial charge on any atom is 0.0562 e. The summed E-state index contributed by atoms with van der Waals surface area (Å²) in [6.45, 7) is 0.